The van der Waals surface area contributed by atoms with Crippen LogP contribution in [0.3, 0.4) is 0 Å². The minimum absolute atomic E-state index is 0.0161. The first-order chi connectivity index (χ1) is 17.2. The van der Waals surface area contributed by atoms with Gasteiger partial charge in [-0.05, 0) is 94.4 Å². The lowest BCUT2D eigenvalue weighted by molar-refractivity contribution is -0.135. The van der Waals surface area contributed by atoms with Gasteiger partial charge in [-0.15, -0.1) is 11.3 Å². The van der Waals surface area contributed by atoms with Gasteiger partial charge in [-0.25, -0.2) is 9.18 Å². The van der Waals surface area contributed by atoms with Crippen molar-refractivity contribution in [3.05, 3.63) is 52.0 Å². The molecule has 1 fully saturated rings. The van der Waals surface area contributed by atoms with E-state index in [1.165, 1.54) is 29.9 Å². The van der Waals surface area contributed by atoms with E-state index >= 15 is 0 Å². The Labute approximate surface area is 217 Å². The fourth-order valence-corrected chi connectivity index (χ4v) is 5.68. The number of hydrogen-bond donors (Lipinski definition) is 1. The van der Waals surface area contributed by atoms with Gasteiger partial charge in [0.15, 0.2) is 0 Å². The zero-order valence-corrected chi connectivity index (χ0v) is 22.3. The van der Waals surface area contributed by atoms with Crippen LogP contribution in [0.15, 0.2) is 35.7 Å². The van der Waals surface area contributed by atoms with Gasteiger partial charge >= 0.3 is 6.03 Å². The molecular weight excluding hydrogens is 479 g/mol. The number of halogens is 1. The van der Waals surface area contributed by atoms with E-state index in [1.807, 2.05) is 31.1 Å². The van der Waals surface area contributed by atoms with E-state index in [2.05, 4.69) is 16.3 Å². The van der Waals surface area contributed by atoms with Crippen molar-refractivity contribution in [1.82, 2.24) is 20.0 Å². The van der Waals surface area contributed by atoms with Crippen LogP contribution in [0, 0.1) is 5.82 Å². The highest BCUT2D eigenvalue weighted by Gasteiger charge is 2.34. The van der Waals surface area contributed by atoms with Crippen LogP contribution in [0.5, 0.6) is 5.75 Å². The average Bonchev–Trinajstić information content (AvgIpc) is 3.52. The fraction of sp³-hybridized carbons (Fsp3) is 0.556. The number of hydrogen-bond acceptors (Lipinski definition) is 5. The molecule has 0 aliphatic carbocycles. The lowest BCUT2D eigenvalue weighted by Crippen LogP contribution is -2.54. The number of nitrogens with one attached hydrogen (secondary N) is 1. The summed E-state index contributed by atoms with van der Waals surface area (Å²) in [4.78, 5) is 33.9. The first-order valence-electron chi connectivity index (χ1n) is 12.7. The number of fused-ring (bicyclic) bond motifs is 1. The molecule has 1 saturated heterocycles. The summed E-state index contributed by atoms with van der Waals surface area (Å²) in [6.45, 7) is 10.0. The van der Waals surface area contributed by atoms with Gasteiger partial charge in [-0.2, -0.15) is 0 Å². The molecule has 1 atom stereocenters. The van der Waals surface area contributed by atoms with Crippen molar-refractivity contribution < 1.29 is 18.7 Å². The molecule has 4 rings (SSSR count). The summed E-state index contributed by atoms with van der Waals surface area (Å²) in [6, 6.07) is 7.48. The SMILES string of the molecule is CC(C)(C)NC(=O)N(CCN1CCCC1)CC(=O)N1CCc2sccc2[C@@H]1COc1ccc(F)cc1. The van der Waals surface area contributed by atoms with Crippen LogP contribution < -0.4 is 10.1 Å². The molecule has 36 heavy (non-hydrogen) atoms. The number of carbonyl (C=O) groups is 2. The third-order valence-corrected chi connectivity index (χ3v) is 7.61. The average molecular weight is 517 g/mol. The fourth-order valence-electron chi connectivity index (χ4n) is 4.76. The minimum atomic E-state index is -0.395. The largest absolute Gasteiger partial charge is 0.491 e. The molecule has 1 aromatic carbocycles. The van der Waals surface area contributed by atoms with Crippen LogP contribution in [0.4, 0.5) is 9.18 Å². The molecule has 9 heteroatoms. The molecule has 2 aliphatic heterocycles. The molecular formula is C27H37FN4O3S. The third kappa shape index (κ3) is 6.97. The molecule has 196 valence electrons. The quantitative estimate of drug-likeness (QED) is 0.568. The van der Waals surface area contributed by atoms with Crippen LogP contribution in [-0.4, -0.2) is 78.1 Å². The Morgan fingerprint density at radius 2 is 1.86 bits per heavy atom. The lowest BCUT2D eigenvalue weighted by Gasteiger charge is -2.37. The molecule has 7 nitrogen and oxygen atoms in total. The van der Waals surface area contributed by atoms with Gasteiger partial charge in [-0.1, -0.05) is 0 Å². The van der Waals surface area contributed by atoms with Gasteiger partial charge in [0.05, 0.1) is 6.04 Å². The van der Waals surface area contributed by atoms with Crippen molar-refractivity contribution in [2.24, 2.45) is 0 Å². The Morgan fingerprint density at radius 1 is 1.14 bits per heavy atom. The van der Waals surface area contributed by atoms with Crippen molar-refractivity contribution in [1.29, 1.82) is 0 Å². The van der Waals surface area contributed by atoms with E-state index in [1.54, 1.807) is 28.4 Å². The van der Waals surface area contributed by atoms with E-state index in [9.17, 15) is 14.0 Å². The Morgan fingerprint density at radius 3 is 2.56 bits per heavy atom. The monoisotopic (exact) mass is 516 g/mol. The van der Waals surface area contributed by atoms with E-state index in [-0.39, 0.29) is 36.9 Å². The van der Waals surface area contributed by atoms with E-state index in [0.29, 0.717) is 18.8 Å². The second-order valence-corrected chi connectivity index (χ2v) is 11.6. The molecule has 3 heterocycles. The number of benzene rings is 1. The Bertz CT molecular complexity index is 1030. The zero-order chi connectivity index (χ0) is 25.7. The van der Waals surface area contributed by atoms with Gasteiger partial charge in [0.25, 0.3) is 0 Å². The second kappa shape index (κ2) is 11.6. The maximum absolute atomic E-state index is 13.7. The van der Waals surface area contributed by atoms with Gasteiger partial charge in [-0.3, -0.25) is 4.79 Å². The maximum Gasteiger partial charge on any atom is 0.318 e. The summed E-state index contributed by atoms with van der Waals surface area (Å²) >= 11 is 1.69. The summed E-state index contributed by atoms with van der Waals surface area (Å²) in [6.07, 6.45) is 3.15. The molecule has 0 bridgehead atoms. The predicted octanol–water partition coefficient (Wildman–Crippen LogP) is 4.30. The standard InChI is InChI=1S/C27H37FN4O3S/c1-27(2,3)29-26(34)31(16-15-30-12-4-5-13-30)18-25(33)32-14-10-24-22(11-17-36-24)23(32)19-35-21-8-6-20(28)7-9-21/h6-9,11,17,23H,4-5,10,12-16,18-19H2,1-3H3,(H,29,34)/t23-/m0/s1. The van der Waals surface area contributed by atoms with Crippen LogP contribution >= 0.6 is 11.3 Å². The van der Waals surface area contributed by atoms with Crippen molar-refractivity contribution in [3.63, 3.8) is 0 Å². The molecule has 1 aromatic heterocycles. The maximum atomic E-state index is 13.7. The number of nitrogens with zero attached hydrogens (tertiary/aromatic N) is 3. The number of urea groups is 1. The first-order valence-corrected chi connectivity index (χ1v) is 13.6. The van der Waals surface area contributed by atoms with Crippen molar-refractivity contribution in [2.45, 2.75) is 51.6 Å². The first kappa shape index (κ1) is 26.4. The summed E-state index contributed by atoms with van der Waals surface area (Å²) in [5.74, 6) is 0.146. The van der Waals surface area contributed by atoms with Crippen molar-refractivity contribution in [3.8, 4) is 5.75 Å². The van der Waals surface area contributed by atoms with Gasteiger partial charge < -0.3 is 24.8 Å². The minimum Gasteiger partial charge on any atom is -0.491 e. The number of thiophene rings is 1. The Balaban J connectivity index is 1.47. The lowest BCUT2D eigenvalue weighted by atomic mass is 10.0. The number of carbonyl (C=O) groups excluding carboxylic acids is 2. The number of rotatable bonds is 8. The number of amides is 3. The van der Waals surface area contributed by atoms with E-state index < -0.39 is 5.54 Å². The molecule has 3 amide bonds. The highest BCUT2D eigenvalue weighted by Crippen LogP contribution is 2.34. The number of ether oxygens (including phenoxy) is 1. The normalized spacial score (nSPS) is 18.1. The summed E-state index contributed by atoms with van der Waals surface area (Å²) < 4.78 is 19.3. The molecule has 0 saturated carbocycles. The van der Waals surface area contributed by atoms with E-state index in [0.717, 1.165) is 31.6 Å². The molecule has 2 aromatic rings. The topological polar surface area (TPSA) is 65.1 Å². The van der Waals surface area contributed by atoms with Crippen LogP contribution in [0.1, 0.15) is 50.1 Å². The molecule has 1 N–H and O–H groups in total. The highest BCUT2D eigenvalue weighted by molar-refractivity contribution is 7.10. The molecule has 0 radical (unpaired) electrons. The molecule has 0 spiro atoms. The Hall–Kier alpha value is -2.65. The van der Waals surface area contributed by atoms with Crippen LogP contribution in [-0.2, 0) is 11.2 Å². The van der Waals surface area contributed by atoms with Crippen molar-refractivity contribution in [2.75, 3.05) is 45.9 Å². The summed E-state index contributed by atoms with van der Waals surface area (Å²) in [5, 5.41) is 5.07. The van der Waals surface area contributed by atoms with Crippen molar-refractivity contribution >= 4 is 23.3 Å². The second-order valence-electron chi connectivity index (χ2n) is 10.6. The smallest absolute Gasteiger partial charge is 0.318 e. The van der Waals surface area contributed by atoms with Crippen LogP contribution in [0.25, 0.3) is 0 Å². The van der Waals surface area contributed by atoms with Crippen LogP contribution in [0.2, 0.25) is 0 Å². The summed E-state index contributed by atoms with van der Waals surface area (Å²) in [7, 11) is 0. The zero-order valence-electron chi connectivity index (χ0n) is 21.5. The van der Waals surface area contributed by atoms with Gasteiger partial charge in [0, 0.05) is 30.1 Å². The Kier molecular flexibility index (Phi) is 8.51. The highest BCUT2D eigenvalue weighted by atomic mass is 32.1. The summed E-state index contributed by atoms with van der Waals surface area (Å²) in [5.41, 5.74) is 0.693. The van der Waals surface area contributed by atoms with Gasteiger partial charge in [0.1, 0.15) is 24.7 Å². The predicted molar refractivity (Wildman–Crippen MR) is 140 cm³/mol. The third-order valence-electron chi connectivity index (χ3n) is 6.62. The van der Waals surface area contributed by atoms with Gasteiger partial charge in [0.2, 0.25) is 5.91 Å². The molecule has 2 aliphatic rings. The van der Waals surface area contributed by atoms with E-state index in [4.69, 9.17) is 4.74 Å². The molecule has 0 unspecified atom stereocenters. The number of likely N-dealkylation sites (tertiary alicyclic amines) is 1.